The van der Waals surface area contributed by atoms with Gasteiger partial charge in [0, 0.05) is 59.6 Å². The van der Waals surface area contributed by atoms with Crippen LogP contribution in [0.5, 0.6) is 5.75 Å². The van der Waals surface area contributed by atoms with Crippen molar-refractivity contribution in [2.75, 3.05) is 27.1 Å². The van der Waals surface area contributed by atoms with Crippen molar-refractivity contribution in [2.45, 2.75) is 80.8 Å². The number of hydrogen-bond donors (Lipinski definition) is 0. The van der Waals surface area contributed by atoms with E-state index in [2.05, 4.69) is 113 Å². The SMILES string of the molecule is C=S(C)(=O)c1cccc(-c2noc(-c3nnn(-c4ccccc4F)c3COC)n2)c1.COc1cccc(-c2noc(-c3nnn(-c4ccccc4F)c3-c3ccccn3)n2)c1.Fc1ccc(F)c(-c2noc(-c3nnn(-c4ccccc4F)c3C3CC3)n2)c1.Fc1ccc(F)c(-c2noc(-c3nnn(-c4ccccc4F)c3C3CCCO3)n2)c1.Fc1ccccc1-n1nnc(-c2nc(-c3ccccc3)no2)c1C1CCCC1. The lowest BCUT2D eigenvalue weighted by Crippen LogP contribution is -2.09. The van der Waals surface area contributed by atoms with Gasteiger partial charge < -0.3 is 36.8 Å². The fraction of sp³-hybridized carbons (Fsp3) is 0.157. The van der Waals surface area contributed by atoms with Gasteiger partial charge in [-0.25, -0.2) is 62.9 Å². The molecule has 10 aromatic carbocycles. The van der Waals surface area contributed by atoms with Gasteiger partial charge in [-0.15, -0.1) is 25.5 Å². The average Bonchev–Trinajstić information content (AvgIpc) is 1.61. The molecule has 2 atom stereocenters. The predicted octanol–water partition coefficient (Wildman–Crippen LogP) is 20.5. The molecule has 2 saturated carbocycles. The predicted molar refractivity (Wildman–Crippen MR) is 511 cm³/mol. The summed E-state index contributed by atoms with van der Waals surface area (Å²) in [4.78, 5) is 26.7. The van der Waals surface area contributed by atoms with E-state index in [0.717, 1.165) is 98.2 Å². The lowest BCUT2D eigenvalue weighted by molar-refractivity contribution is 0.107. The van der Waals surface area contributed by atoms with Crippen LogP contribution in [0.3, 0.4) is 0 Å². The largest absolute Gasteiger partial charge is 0.497 e. The summed E-state index contributed by atoms with van der Waals surface area (Å²) in [6.45, 7) is 0.638. The van der Waals surface area contributed by atoms with Crippen LogP contribution in [0.25, 0.3) is 155 Å². The quantitative estimate of drug-likeness (QED) is 0.0424. The highest BCUT2D eigenvalue weighted by Gasteiger charge is 2.38. The zero-order valence-corrected chi connectivity index (χ0v) is 78.3. The lowest BCUT2D eigenvalue weighted by atomic mass is 10.0. The first-order valence-corrected chi connectivity index (χ1v) is 47.6. The molecule has 21 aromatic rings. The molecule has 3 fully saturated rings. The molecule has 3 aliphatic rings. The smallest absolute Gasteiger partial charge is 0.281 e. The topological polar surface area (TPSA) is 406 Å². The highest BCUT2D eigenvalue weighted by atomic mass is 32.2. The minimum absolute atomic E-state index is 0.0168. The van der Waals surface area contributed by atoms with E-state index in [0.29, 0.717) is 104 Å². The molecule has 0 radical (unpaired) electrons. The van der Waals surface area contributed by atoms with Crippen LogP contribution in [-0.2, 0) is 25.6 Å². The second kappa shape index (κ2) is 42.6. The highest BCUT2D eigenvalue weighted by Crippen LogP contribution is 2.46. The Morgan fingerprint density at radius 1 is 0.367 bits per heavy atom. The minimum Gasteiger partial charge on any atom is -0.497 e. The van der Waals surface area contributed by atoms with Crippen molar-refractivity contribution in [3.05, 3.63) is 336 Å². The molecule has 45 heteroatoms. The maximum Gasteiger partial charge on any atom is 0.281 e. The molecule has 11 aromatic heterocycles. The van der Waals surface area contributed by atoms with Crippen LogP contribution in [0, 0.1) is 52.4 Å². The Morgan fingerprint density at radius 3 is 1.23 bits per heavy atom. The number of nitrogens with zero attached hydrogens (tertiary/aromatic N) is 26. The van der Waals surface area contributed by atoms with Gasteiger partial charge in [0.1, 0.15) is 110 Å². The van der Waals surface area contributed by atoms with Crippen LogP contribution in [-0.4, -0.2) is 168 Å². The third kappa shape index (κ3) is 20.7. The van der Waals surface area contributed by atoms with E-state index in [-0.39, 0.29) is 105 Å². The van der Waals surface area contributed by atoms with Crippen molar-refractivity contribution < 1.29 is 80.5 Å². The summed E-state index contributed by atoms with van der Waals surface area (Å²) >= 11 is 0. The number of para-hydroxylation sites is 5. The van der Waals surface area contributed by atoms with Gasteiger partial charge in [-0.1, -0.05) is 186 Å². The lowest BCUT2D eigenvalue weighted by Gasteiger charge is -2.13. The summed E-state index contributed by atoms with van der Waals surface area (Å²) in [5.74, 6) is 1.37. The van der Waals surface area contributed by atoms with Crippen molar-refractivity contribution in [1.82, 2.24) is 131 Å². The molecule has 12 heterocycles. The van der Waals surface area contributed by atoms with E-state index >= 15 is 0 Å². The zero-order chi connectivity index (χ0) is 101. The summed E-state index contributed by atoms with van der Waals surface area (Å²) in [6.07, 6.45) is 10.3. The van der Waals surface area contributed by atoms with E-state index in [9.17, 15) is 43.7 Å². The second-order valence-corrected chi connectivity index (χ2v) is 35.8. The first-order chi connectivity index (χ1) is 71.7. The van der Waals surface area contributed by atoms with E-state index in [4.69, 9.17) is 36.8 Å². The molecule has 0 N–H and O–H groups in total. The van der Waals surface area contributed by atoms with Crippen LogP contribution in [0.15, 0.2) is 288 Å². The van der Waals surface area contributed by atoms with Crippen LogP contribution in [0.2, 0.25) is 0 Å². The number of rotatable bonds is 23. The summed E-state index contributed by atoms with van der Waals surface area (Å²) in [5, 5.41) is 61.0. The normalized spacial score (nSPS) is 13.8. The molecular weight excluding hydrogens is 1940 g/mol. The number of halogens is 9. The Labute approximate surface area is 826 Å². The molecule has 35 nitrogen and oxygen atoms in total. The Bertz CT molecular complexity index is 8400. The van der Waals surface area contributed by atoms with Crippen molar-refractivity contribution in [1.29, 1.82) is 0 Å². The molecule has 24 rings (SSSR count). The number of aromatic nitrogens is 26. The number of ether oxygens (including phenoxy) is 3. The number of methoxy groups -OCH3 is 2. The van der Waals surface area contributed by atoms with Gasteiger partial charge in [0.05, 0.1) is 41.9 Å². The molecule has 147 heavy (non-hydrogen) atoms. The Hall–Kier alpha value is -18.1. The van der Waals surface area contributed by atoms with E-state index < -0.39 is 62.2 Å². The van der Waals surface area contributed by atoms with Crippen molar-refractivity contribution >= 4 is 15.4 Å². The van der Waals surface area contributed by atoms with Crippen LogP contribution in [0.4, 0.5) is 39.5 Å². The summed E-state index contributed by atoms with van der Waals surface area (Å²) in [7, 11) is 0.704. The Balaban J connectivity index is 0.000000112. The number of hydrogen-bond acceptors (Lipinski definition) is 30. The van der Waals surface area contributed by atoms with Crippen molar-refractivity contribution in [3.63, 3.8) is 0 Å². The fourth-order valence-corrected chi connectivity index (χ4v) is 17.1. The first-order valence-electron chi connectivity index (χ1n) is 45.4. The molecule has 738 valence electrons. The molecule has 2 aliphatic carbocycles. The van der Waals surface area contributed by atoms with Gasteiger partial charge in [0.25, 0.3) is 29.5 Å². The summed E-state index contributed by atoms with van der Waals surface area (Å²) in [6, 6.07) is 66.6. The monoisotopic (exact) mass is 2010 g/mol. The molecule has 0 amide bonds. The molecule has 1 saturated heterocycles. The van der Waals surface area contributed by atoms with Crippen LogP contribution >= 0.6 is 0 Å². The minimum atomic E-state index is -2.39. The van der Waals surface area contributed by atoms with Crippen molar-refractivity contribution in [2.24, 2.45) is 0 Å². The van der Waals surface area contributed by atoms with Gasteiger partial charge in [-0.05, 0) is 187 Å². The zero-order valence-electron chi connectivity index (χ0n) is 77.4. The number of pyridine rings is 1. The van der Waals surface area contributed by atoms with Gasteiger partial charge in [0.2, 0.25) is 29.1 Å². The Kier molecular flexibility index (Phi) is 27.9. The van der Waals surface area contributed by atoms with Gasteiger partial charge in [-0.2, -0.15) is 24.9 Å². The summed E-state index contributed by atoms with van der Waals surface area (Å²) < 4.78 is 189. The standard InChI is InChI=1S/C22H15FN6O2.C21H18FN5O.C20H14F3N5O2.C20H18FN5O3S.C19H12F3N5O/c1-30-15-8-6-7-14(13-15)21-25-22(31-27-21)19-20(17-10-4-5-12-24-17)29(28-26-19)18-11-3-2-9-16(18)23;22-16-12-6-7-13-17(16)27-19(14-8-4-5-9-14)18(24-26-27)21-23-20(25-28-21)15-10-2-1-3-11-15;21-11-7-8-13(22)12(10-11)19-24-20(30-26-19)17-18(16-6-3-9-29-16)28(27-25-17)15-5-2-1-4-14(15)23;1-28-12-17-18(23-25-26(17)16-10-5-4-9-15(16)21)20-22-19(24-29-20)13-7-6-8-14(11-13)30(2,3)27;20-11-7-8-13(21)12(9-11)18-23-19(28-25-18)16-17(10-5-6-10)27(26-24-16)15-4-2-1-3-14(15)22/h2-13H,1H3;1-3,6-7,10-14H,4-5,8-9H2;1-2,4-5,7-8,10,16H,3,6,9H2;4-11H,2,12H2,1,3H3;1-4,7-10H,5-6H2. The second-order valence-electron chi connectivity index (χ2n) is 33.4. The summed E-state index contributed by atoms with van der Waals surface area (Å²) in [5.41, 5.74) is 8.21. The first kappa shape index (κ1) is 96.4. The molecule has 0 bridgehead atoms. The third-order valence-electron chi connectivity index (χ3n) is 23.5. The van der Waals surface area contributed by atoms with E-state index in [1.807, 2.05) is 54.6 Å². The molecule has 1 aliphatic heterocycles. The van der Waals surface area contributed by atoms with Crippen molar-refractivity contribution in [3.8, 4) is 160 Å². The maximum atomic E-state index is 14.5. The highest BCUT2D eigenvalue weighted by molar-refractivity contribution is 7.99. The maximum absolute atomic E-state index is 14.5. The molecular formula is C102H77F9N26O9S. The van der Waals surface area contributed by atoms with E-state index in [1.165, 1.54) is 56.2 Å². The average molecular weight is 2010 g/mol. The molecule has 2 unspecified atom stereocenters. The number of benzene rings is 10. The van der Waals surface area contributed by atoms with E-state index in [1.54, 1.807) is 158 Å². The van der Waals surface area contributed by atoms with Crippen LogP contribution in [0.1, 0.15) is 92.1 Å². The van der Waals surface area contributed by atoms with Gasteiger partial charge in [-0.3, -0.25) is 9.19 Å². The molecule has 0 spiro atoms. The fourth-order valence-electron chi connectivity index (χ4n) is 16.4. The van der Waals surface area contributed by atoms with Gasteiger partial charge in [0.15, 0.2) is 28.5 Å². The van der Waals surface area contributed by atoms with Gasteiger partial charge >= 0.3 is 0 Å². The third-order valence-corrected chi connectivity index (χ3v) is 24.8. The Morgan fingerprint density at radius 2 is 0.762 bits per heavy atom. The van der Waals surface area contributed by atoms with Crippen LogP contribution < -0.4 is 4.74 Å².